The molecule has 0 spiro atoms. The smallest absolute Gasteiger partial charge is 0.0159 e. The van der Waals surface area contributed by atoms with E-state index in [1.54, 1.807) is 0 Å². The molecule has 0 radical (unpaired) electrons. The van der Waals surface area contributed by atoms with Crippen molar-refractivity contribution in [2.75, 3.05) is 5.75 Å². The molecule has 1 heteroatoms. The van der Waals surface area contributed by atoms with E-state index < -0.39 is 0 Å². The van der Waals surface area contributed by atoms with Crippen LogP contribution in [-0.2, 0) is 5.41 Å². The lowest BCUT2D eigenvalue weighted by molar-refractivity contribution is 0.660. The molecule has 0 aliphatic heterocycles. The number of rotatable bonds is 3. The first-order chi connectivity index (χ1) is 9.64. The summed E-state index contributed by atoms with van der Waals surface area (Å²) in [6, 6.07) is 15.6. The van der Waals surface area contributed by atoms with Gasteiger partial charge in [0.2, 0.25) is 0 Å². The third-order valence-electron chi connectivity index (χ3n) is 4.21. The van der Waals surface area contributed by atoms with Crippen molar-refractivity contribution in [1.29, 1.82) is 0 Å². The van der Waals surface area contributed by atoms with E-state index in [-0.39, 0.29) is 5.41 Å². The first kappa shape index (κ1) is 13.5. The fourth-order valence-corrected chi connectivity index (χ4v) is 3.27. The second-order valence-corrected chi connectivity index (χ2v) is 6.34. The van der Waals surface area contributed by atoms with Gasteiger partial charge in [-0.25, -0.2) is 0 Å². The largest absolute Gasteiger partial charge is 0.179 e. The average Bonchev–Trinajstić information content (AvgIpc) is 2.69. The zero-order valence-corrected chi connectivity index (χ0v) is 13.0. The second kappa shape index (κ2) is 5.14. The Balaban J connectivity index is 2.08. The van der Waals surface area contributed by atoms with Gasteiger partial charge in [-0.3, -0.25) is 0 Å². The van der Waals surface area contributed by atoms with Crippen molar-refractivity contribution in [1.82, 2.24) is 0 Å². The third kappa shape index (κ3) is 2.10. The molecule has 0 nitrogen and oxygen atoms in total. The van der Waals surface area contributed by atoms with Crippen LogP contribution < -0.4 is 0 Å². The highest BCUT2D eigenvalue weighted by atomic mass is 32.1. The molecule has 0 saturated carbocycles. The number of benzene rings is 2. The topological polar surface area (TPSA) is 0 Å². The minimum absolute atomic E-state index is 0.0966. The second-order valence-electron chi connectivity index (χ2n) is 5.89. The Morgan fingerprint density at radius 2 is 1.75 bits per heavy atom. The Bertz CT molecular complexity index is 665. The molecule has 0 bridgehead atoms. The van der Waals surface area contributed by atoms with Crippen molar-refractivity contribution in [3.05, 3.63) is 65.2 Å². The molecule has 2 aromatic carbocycles. The van der Waals surface area contributed by atoms with Crippen LogP contribution in [0.4, 0.5) is 0 Å². The Labute approximate surface area is 127 Å². The molecule has 0 atom stereocenters. The Kier molecular flexibility index (Phi) is 3.47. The third-order valence-corrected chi connectivity index (χ3v) is 4.47. The maximum absolute atomic E-state index is 4.24. The average molecular weight is 280 g/mol. The summed E-state index contributed by atoms with van der Waals surface area (Å²) in [5.41, 5.74) is 7.03. The van der Waals surface area contributed by atoms with E-state index in [1.807, 2.05) is 0 Å². The summed E-state index contributed by atoms with van der Waals surface area (Å²) in [6.07, 6.45) is 5.42. The first-order valence-corrected chi connectivity index (χ1v) is 7.79. The van der Waals surface area contributed by atoms with Gasteiger partial charge in [-0.1, -0.05) is 68.5 Å². The van der Waals surface area contributed by atoms with E-state index in [2.05, 4.69) is 81.1 Å². The number of hydrogen-bond donors (Lipinski definition) is 1. The zero-order valence-electron chi connectivity index (χ0n) is 12.1. The molecule has 1 aliphatic rings. The van der Waals surface area contributed by atoms with Crippen LogP contribution in [0.25, 0.3) is 17.2 Å². The van der Waals surface area contributed by atoms with E-state index in [0.29, 0.717) is 0 Å². The fraction of sp³-hybridized carbons (Fsp3) is 0.263. The normalized spacial score (nSPS) is 15.3. The number of fused-ring (bicyclic) bond motifs is 3. The molecule has 3 rings (SSSR count). The predicted octanol–water partition coefficient (Wildman–Crippen LogP) is 5.33. The van der Waals surface area contributed by atoms with Gasteiger partial charge in [0.1, 0.15) is 0 Å². The maximum Gasteiger partial charge on any atom is 0.0159 e. The molecular weight excluding hydrogens is 260 g/mol. The highest BCUT2D eigenvalue weighted by Crippen LogP contribution is 2.48. The summed E-state index contributed by atoms with van der Waals surface area (Å²) in [5.74, 6) is 0.901. The van der Waals surface area contributed by atoms with Gasteiger partial charge < -0.3 is 0 Å². The monoisotopic (exact) mass is 280 g/mol. The molecule has 2 aromatic rings. The Morgan fingerprint density at radius 1 is 1.00 bits per heavy atom. The van der Waals surface area contributed by atoms with Crippen LogP contribution in [0.5, 0.6) is 0 Å². The van der Waals surface area contributed by atoms with Crippen molar-refractivity contribution in [3.8, 4) is 11.1 Å². The lowest BCUT2D eigenvalue weighted by atomic mass is 9.82. The summed E-state index contributed by atoms with van der Waals surface area (Å²) in [4.78, 5) is 0. The summed E-state index contributed by atoms with van der Waals surface area (Å²) in [5, 5.41) is 0. The van der Waals surface area contributed by atoms with E-state index in [4.69, 9.17) is 0 Å². The van der Waals surface area contributed by atoms with Gasteiger partial charge in [0.15, 0.2) is 0 Å². The molecule has 20 heavy (non-hydrogen) atoms. The number of thiol groups is 1. The van der Waals surface area contributed by atoms with Crippen molar-refractivity contribution < 1.29 is 0 Å². The lowest BCUT2D eigenvalue weighted by Gasteiger charge is -2.21. The highest BCUT2D eigenvalue weighted by molar-refractivity contribution is 7.80. The summed E-state index contributed by atoms with van der Waals surface area (Å²) in [6.45, 7) is 4.64. The molecule has 102 valence electrons. The van der Waals surface area contributed by atoms with Crippen LogP contribution in [0.15, 0.2) is 48.5 Å². The summed E-state index contributed by atoms with van der Waals surface area (Å²) < 4.78 is 0. The van der Waals surface area contributed by atoms with E-state index >= 15 is 0 Å². The van der Waals surface area contributed by atoms with Crippen LogP contribution in [0.3, 0.4) is 0 Å². The fourth-order valence-electron chi connectivity index (χ4n) is 3.12. The quantitative estimate of drug-likeness (QED) is 0.722. The van der Waals surface area contributed by atoms with Gasteiger partial charge in [0.05, 0.1) is 0 Å². The van der Waals surface area contributed by atoms with Gasteiger partial charge in [-0.05, 0) is 40.0 Å². The molecule has 0 heterocycles. The number of hydrogen-bond acceptors (Lipinski definition) is 1. The van der Waals surface area contributed by atoms with E-state index in [9.17, 15) is 0 Å². The van der Waals surface area contributed by atoms with Crippen molar-refractivity contribution in [3.63, 3.8) is 0 Å². The predicted molar refractivity (Wildman–Crippen MR) is 91.5 cm³/mol. The standard InChI is InChI=1S/C19H20S/c1-19(2)17-9-4-3-8-15(17)16-11-10-14(13-18(16)19)7-5-6-12-20/h3-5,7-11,13,20H,6,12H2,1-2H3. The van der Waals surface area contributed by atoms with E-state index in [0.717, 1.165) is 12.2 Å². The Hall–Kier alpha value is -1.47. The molecule has 0 N–H and O–H groups in total. The molecule has 0 unspecified atom stereocenters. The highest BCUT2D eigenvalue weighted by Gasteiger charge is 2.34. The molecule has 0 fully saturated rings. The maximum atomic E-state index is 4.24. The molecule has 0 amide bonds. The SMILES string of the molecule is CC1(C)c2ccccc2-c2ccc(C=CCCS)cc21. The summed E-state index contributed by atoms with van der Waals surface area (Å²) in [7, 11) is 0. The van der Waals surface area contributed by atoms with Crippen LogP contribution >= 0.6 is 12.6 Å². The molecular formula is C19H20S. The zero-order chi connectivity index (χ0) is 14.2. The van der Waals surface area contributed by atoms with Crippen LogP contribution in [0, 0.1) is 0 Å². The first-order valence-electron chi connectivity index (χ1n) is 7.16. The van der Waals surface area contributed by atoms with Crippen LogP contribution in [0.1, 0.15) is 37.0 Å². The molecule has 1 aliphatic carbocycles. The van der Waals surface area contributed by atoms with E-state index in [1.165, 1.54) is 27.8 Å². The van der Waals surface area contributed by atoms with Gasteiger partial charge in [0.25, 0.3) is 0 Å². The summed E-state index contributed by atoms with van der Waals surface area (Å²) >= 11 is 4.24. The molecule has 0 aromatic heterocycles. The van der Waals surface area contributed by atoms with Crippen molar-refractivity contribution >= 4 is 18.7 Å². The lowest BCUT2D eigenvalue weighted by Crippen LogP contribution is -2.14. The van der Waals surface area contributed by atoms with Crippen LogP contribution in [-0.4, -0.2) is 5.75 Å². The minimum Gasteiger partial charge on any atom is -0.179 e. The number of allylic oxidation sites excluding steroid dienone is 1. The van der Waals surface area contributed by atoms with Gasteiger partial charge in [-0.2, -0.15) is 12.6 Å². The Morgan fingerprint density at radius 3 is 2.55 bits per heavy atom. The van der Waals surface area contributed by atoms with Crippen molar-refractivity contribution in [2.45, 2.75) is 25.7 Å². The van der Waals surface area contributed by atoms with Gasteiger partial charge in [0, 0.05) is 5.41 Å². The minimum atomic E-state index is 0.0966. The van der Waals surface area contributed by atoms with Gasteiger partial charge in [-0.15, -0.1) is 0 Å². The van der Waals surface area contributed by atoms with Crippen molar-refractivity contribution in [2.24, 2.45) is 0 Å². The molecule has 0 saturated heterocycles. The van der Waals surface area contributed by atoms with Gasteiger partial charge >= 0.3 is 0 Å². The van der Waals surface area contributed by atoms with Crippen LogP contribution in [0.2, 0.25) is 0 Å².